The molecule has 1 aromatic carbocycles. The summed E-state index contributed by atoms with van der Waals surface area (Å²) in [6.45, 7) is 1.46. The number of aryl methyl sites for hydroxylation is 1. The zero-order valence-electron chi connectivity index (χ0n) is 17.3. The predicted octanol–water partition coefficient (Wildman–Crippen LogP) is 0.946. The average Bonchev–Trinajstić information content (AvgIpc) is 2.69. The maximum atomic E-state index is 13.4. The first-order valence-electron chi connectivity index (χ1n) is 10.3. The van der Waals surface area contributed by atoms with Crippen molar-refractivity contribution in [3.63, 3.8) is 0 Å². The van der Waals surface area contributed by atoms with Gasteiger partial charge in [0.1, 0.15) is 28.6 Å². The van der Waals surface area contributed by atoms with Gasteiger partial charge in [-0.3, -0.25) is 14.4 Å². The first kappa shape index (κ1) is 21.8. The molecule has 9 nitrogen and oxygen atoms in total. The number of aliphatic hydroxyl groups is 3. The second kappa shape index (κ2) is 7.30. The first-order chi connectivity index (χ1) is 15.0. The van der Waals surface area contributed by atoms with Crippen LogP contribution < -0.4 is 5.73 Å². The highest BCUT2D eigenvalue weighted by Gasteiger charge is 2.60. The van der Waals surface area contributed by atoms with Gasteiger partial charge in [-0.05, 0) is 49.3 Å². The van der Waals surface area contributed by atoms with Crippen molar-refractivity contribution in [1.29, 1.82) is 0 Å². The molecule has 1 aromatic rings. The Hall–Kier alpha value is -3.46. The molecule has 0 saturated heterocycles. The number of fused-ring (bicyclic) bond motifs is 3. The molecule has 0 unspecified atom stereocenters. The lowest BCUT2D eigenvalue weighted by molar-refractivity contribution is -0.147. The zero-order valence-corrected chi connectivity index (χ0v) is 17.3. The Morgan fingerprint density at radius 2 is 1.84 bits per heavy atom. The minimum absolute atomic E-state index is 0.0192. The molecule has 1 amide bonds. The van der Waals surface area contributed by atoms with E-state index in [4.69, 9.17) is 5.73 Å². The smallest absolute Gasteiger partial charge is 0.255 e. The summed E-state index contributed by atoms with van der Waals surface area (Å²) in [6, 6.07) is 3.02. The minimum Gasteiger partial charge on any atom is -0.508 e. The normalized spacial score (nSPS) is 27.1. The van der Waals surface area contributed by atoms with E-state index in [-0.39, 0.29) is 48.4 Å². The fourth-order valence-electron chi connectivity index (χ4n) is 5.23. The van der Waals surface area contributed by atoms with Crippen molar-refractivity contribution in [3.8, 4) is 5.75 Å². The van der Waals surface area contributed by atoms with E-state index in [0.717, 1.165) is 5.56 Å². The number of aromatic hydroxyl groups is 1. The van der Waals surface area contributed by atoms with Gasteiger partial charge in [-0.1, -0.05) is 6.07 Å². The summed E-state index contributed by atoms with van der Waals surface area (Å²) in [7, 11) is 0. The molecule has 3 aliphatic carbocycles. The van der Waals surface area contributed by atoms with Crippen LogP contribution in [-0.4, -0.2) is 49.3 Å². The van der Waals surface area contributed by atoms with Crippen LogP contribution in [0.1, 0.15) is 42.9 Å². The van der Waals surface area contributed by atoms with E-state index in [1.807, 2.05) is 0 Å². The van der Waals surface area contributed by atoms with Gasteiger partial charge >= 0.3 is 0 Å². The number of aliphatic hydroxyl groups excluding tert-OH is 2. The summed E-state index contributed by atoms with van der Waals surface area (Å²) in [4.78, 5) is 48.8. The number of carbonyl (C=O) groups is 4. The number of nitrogens with two attached hydrogens (primary N) is 1. The number of primary amides is 1. The molecule has 0 spiro atoms. The van der Waals surface area contributed by atoms with Crippen molar-refractivity contribution >= 4 is 29.0 Å². The van der Waals surface area contributed by atoms with Gasteiger partial charge in [0.05, 0.1) is 5.56 Å². The Labute approximate surface area is 182 Å². The number of amides is 1. The van der Waals surface area contributed by atoms with Gasteiger partial charge in [0.15, 0.2) is 11.4 Å². The standard InChI is InChI=1S/C23H23NO8/c1-9(25)2-3-10-4-5-14(26)17-13(10)7-11-6-12-8-15(27)18(22(24)31)21(30)23(12,32)20(29)16(11)19(17)28/h4-5,11-12,26,28,30,32H,2-3,6-8H2,1H3,(H2,24,31)/t11-,12+,23+/m1/s1. The molecule has 0 bridgehead atoms. The number of carbonyl (C=O) groups excluding carboxylic acids is 4. The number of rotatable bonds is 4. The quantitative estimate of drug-likeness (QED) is 0.429. The van der Waals surface area contributed by atoms with Crippen molar-refractivity contribution < 1.29 is 39.6 Å². The van der Waals surface area contributed by atoms with Crippen LogP contribution in [0.2, 0.25) is 0 Å². The van der Waals surface area contributed by atoms with Gasteiger partial charge in [0.25, 0.3) is 5.91 Å². The van der Waals surface area contributed by atoms with Crippen LogP contribution in [0.4, 0.5) is 0 Å². The molecule has 0 aliphatic heterocycles. The van der Waals surface area contributed by atoms with E-state index >= 15 is 0 Å². The van der Waals surface area contributed by atoms with Crippen molar-refractivity contribution in [1.82, 2.24) is 0 Å². The molecule has 0 aromatic heterocycles. The van der Waals surface area contributed by atoms with Crippen LogP contribution in [-0.2, 0) is 32.0 Å². The number of Topliss-reactive ketones (excluding diaryl/α,β-unsaturated/α-hetero) is 3. The highest BCUT2D eigenvalue weighted by molar-refractivity contribution is 6.22. The van der Waals surface area contributed by atoms with E-state index in [1.54, 1.807) is 6.07 Å². The third kappa shape index (κ3) is 2.96. The summed E-state index contributed by atoms with van der Waals surface area (Å²) in [5, 5.41) is 43.1. The zero-order chi connectivity index (χ0) is 23.5. The summed E-state index contributed by atoms with van der Waals surface area (Å²) < 4.78 is 0. The summed E-state index contributed by atoms with van der Waals surface area (Å²) >= 11 is 0. The Morgan fingerprint density at radius 3 is 2.47 bits per heavy atom. The van der Waals surface area contributed by atoms with E-state index in [2.05, 4.69) is 0 Å². The molecule has 3 atom stereocenters. The first-order valence-corrected chi connectivity index (χ1v) is 10.3. The van der Waals surface area contributed by atoms with Crippen molar-refractivity contribution in [2.75, 3.05) is 0 Å². The molecule has 0 radical (unpaired) electrons. The fourth-order valence-corrected chi connectivity index (χ4v) is 5.23. The van der Waals surface area contributed by atoms with E-state index in [9.17, 15) is 39.6 Å². The molecular formula is C23H23NO8. The second-order valence-electron chi connectivity index (χ2n) is 8.71. The number of phenols is 1. The molecule has 1 fully saturated rings. The number of benzene rings is 1. The highest BCUT2D eigenvalue weighted by Crippen LogP contribution is 2.52. The molecule has 9 heteroatoms. The fraction of sp³-hybridized carbons (Fsp3) is 0.391. The van der Waals surface area contributed by atoms with E-state index < -0.39 is 52.0 Å². The molecule has 0 heterocycles. The van der Waals surface area contributed by atoms with Crippen LogP contribution in [0.3, 0.4) is 0 Å². The molecule has 4 rings (SSSR count). The third-order valence-corrected chi connectivity index (χ3v) is 6.79. The summed E-state index contributed by atoms with van der Waals surface area (Å²) in [6.07, 6.45) is 0.599. The molecule has 168 valence electrons. The lowest BCUT2D eigenvalue weighted by Crippen LogP contribution is -2.58. The molecule has 1 saturated carbocycles. The van der Waals surface area contributed by atoms with Crippen molar-refractivity contribution in [2.24, 2.45) is 17.6 Å². The third-order valence-electron chi connectivity index (χ3n) is 6.79. The number of hydrogen-bond acceptors (Lipinski definition) is 8. The Kier molecular flexibility index (Phi) is 4.97. The van der Waals surface area contributed by atoms with Crippen LogP contribution in [0.15, 0.2) is 29.0 Å². The maximum absolute atomic E-state index is 13.4. The van der Waals surface area contributed by atoms with Crippen LogP contribution in [0, 0.1) is 11.8 Å². The van der Waals surface area contributed by atoms with Crippen LogP contribution >= 0.6 is 0 Å². The largest absolute Gasteiger partial charge is 0.508 e. The van der Waals surface area contributed by atoms with Crippen molar-refractivity contribution in [2.45, 2.75) is 44.6 Å². The molecular weight excluding hydrogens is 418 g/mol. The molecule has 6 N–H and O–H groups in total. The predicted molar refractivity (Wildman–Crippen MR) is 110 cm³/mol. The van der Waals surface area contributed by atoms with Gasteiger partial charge in [-0.2, -0.15) is 0 Å². The van der Waals surface area contributed by atoms with Crippen LogP contribution in [0.5, 0.6) is 5.75 Å². The SMILES string of the molecule is CC(=O)CCc1ccc(O)c2c1C[C@H]1C[C@H]3CC(=O)C(C(N)=O)=C(O)[C@@]3(O)C(=O)C1=C2O. The topological polar surface area (TPSA) is 175 Å². The van der Waals surface area contributed by atoms with E-state index in [0.29, 0.717) is 12.0 Å². The number of phenolic OH excluding ortho intramolecular Hbond substituents is 1. The Bertz CT molecular complexity index is 1160. The molecule has 3 aliphatic rings. The van der Waals surface area contributed by atoms with Gasteiger partial charge in [-0.25, -0.2) is 0 Å². The van der Waals surface area contributed by atoms with Gasteiger partial charge < -0.3 is 31.0 Å². The Balaban J connectivity index is 1.88. The summed E-state index contributed by atoms with van der Waals surface area (Å²) in [5.41, 5.74) is 2.97. The van der Waals surface area contributed by atoms with Crippen LogP contribution in [0.25, 0.3) is 5.76 Å². The second-order valence-corrected chi connectivity index (χ2v) is 8.71. The summed E-state index contributed by atoms with van der Waals surface area (Å²) in [5.74, 6) is -6.55. The van der Waals surface area contributed by atoms with E-state index in [1.165, 1.54) is 13.0 Å². The van der Waals surface area contributed by atoms with Gasteiger partial charge in [-0.15, -0.1) is 0 Å². The lowest BCUT2D eigenvalue weighted by atomic mass is 9.59. The highest BCUT2D eigenvalue weighted by atomic mass is 16.3. The number of ketones is 3. The maximum Gasteiger partial charge on any atom is 0.255 e. The minimum atomic E-state index is -2.57. The van der Waals surface area contributed by atoms with Gasteiger partial charge in [0, 0.05) is 24.3 Å². The average molecular weight is 441 g/mol. The van der Waals surface area contributed by atoms with Crippen molar-refractivity contribution in [3.05, 3.63) is 45.7 Å². The lowest BCUT2D eigenvalue weighted by Gasteiger charge is -2.46. The molecule has 32 heavy (non-hydrogen) atoms. The monoisotopic (exact) mass is 441 g/mol. The Morgan fingerprint density at radius 1 is 1.16 bits per heavy atom. The number of hydrogen-bond donors (Lipinski definition) is 5. The van der Waals surface area contributed by atoms with Gasteiger partial charge in [0.2, 0.25) is 5.78 Å².